The summed E-state index contributed by atoms with van der Waals surface area (Å²) in [6.07, 6.45) is 1.92. The average Bonchev–Trinajstić information content (AvgIpc) is 3.10. The molecule has 0 radical (unpaired) electrons. The Morgan fingerprint density at radius 1 is 1.17 bits per heavy atom. The Morgan fingerprint density at radius 2 is 1.91 bits per heavy atom. The maximum absolute atomic E-state index is 13.0. The Labute approximate surface area is 134 Å². The van der Waals surface area contributed by atoms with Gasteiger partial charge in [-0.1, -0.05) is 5.16 Å². The summed E-state index contributed by atoms with van der Waals surface area (Å²) in [7, 11) is 2.02. The molecule has 0 aliphatic heterocycles. The molecule has 120 valence electrons. The quantitative estimate of drug-likeness (QED) is 0.724. The van der Waals surface area contributed by atoms with Crippen molar-refractivity contribution >= 4 is 0 Å². The smallest absolute Gasteiger partial charge is 0.138 e. The van der Waals surface area contributed by atoms with E-state index in [2.05, 4.69) is 15.2 Å². The summed E-state index contributed by atoms with van der Waals surface area (Å²) >= 11 is 0. The highest BCUT2D eigenvalue weighted by molar-refractivity contribution is 5.58. The Balaban J connectivity index is 1.68. The Hall–Kier alpha value is -2.47. The van der Waals surface area contributed by atoms with Gasteiger partial charge in [-0.15, -0.1) is 0 Å². The number of aromatic nitrogens is 3. The van der Waals surface area contributed by atoms with E-state index in [0.717, 1.165) is 34.8 Å². The van der Waals surface area contributed by atoms with Crippen LogP contribution in [0.3, 0.4) is 0 Å². The molecule has 0 spiro atoms. The van der Waals surface area contributed by atoms with Crippen LogP contribution >= 0.6 is 0 Å². The van der Waals surface area contributed by atoms with Crippen molar-refractivity contribution in [1.82, 2.24) is 19.8 Å². The number of benzene rings is 1. The maximum Gasteiger partial charge on any atom is 0.138 e. The lowest BCUT2D eigenvalue weighted by atomic mass is 10.1. The van der Waals surface area contributed by atoms with Gasteiger partial charge in [0, 0.05) is 23.9 Å². The van der Waals surface area contributed by atoms with Gasteiger partial charge in [0.25, 0.3) is 0 Å². The van der Waals surface area contributed by atoms with Crippen molar-refractivity contribution in [2.75, 3.05) is 7.05 Å². The van der Waals surface area contributed by atoms with Crippen molar-refractivity contribution in [3.63, 3.8) is 0 Å². The van der Waals surface area contributed by atoms with Gasteiger partial charge in [-0.3, -0.25) is 9.58 Å². The first-order valence-corrected chi connectivity index (χ1v) is 7.42. The summed E-state index contributed by atoms with van der Waals surface area (Å²) in [6, 6.07) is 8.28. The number of halogens is 1. The third-order valence-electron chi connectivity index (χ3n) is 3.78. The van der Waals surface area contributed by atoms with E-state index in [1.165, 1.54) is 12.1 Å². The van der Waals surface area contributed by atoms with Gasteiger partial charge in [0.2, 0.25) is 0 Å². The van der Waals surface area contributed by atoms with Crippen LogP contribution in [-0.2, 0) is 13.2 Å². The van der Waals surface area contributed by atoms with Crippen LogP contribution in [0.2, 0.25) is 0 Å². The van der Waals surface area contributed by atoms with Crippen LogP contribution in [-0.4, -0.2) is 26.9 Å². The lowest BCUT2D eigenvalue weighted by molar-refractivity contribution is 0.245. The second-order valence-electron chi connectivity index (χ2n) is 5.71. The summed E-state index contributed by atoms with van der Waals surface area (Å²) in [4.78, 5) is 2.13. The van der Waals surface area contributed by atoms with Crippen LogP contribution in [0, 0.1) is 19.7 Å². The van der Waals surface area contributed by atoms with Gasteiger partial charge in [-0.25, -0.2) is 4.39 Å². The number of rotatable bonds is 5. The number of aryl methyl sites for hydroxylation is 2. The molecule has 0 atom stereocenters. The molecule has 0 aliphatic carbocycles. The van der Waals surface area contributed by atoms with Gasteiger partial charge in [-0.2, -0.15) is 5.10 Å². The minimum Gasteiger partial charge on any atom is -0.361 e. The Bertz CT molecular complexity index is 772. The van der Waals surface area contributed by atoms with Crippen molar-refractivity contribution in [3.8, 4) is 11.3 Å². The second-order valence-corrected chi connectivity index (χ2v) is 5.71. The monoisotopic (exact) mass is 314 g/mol. The molecule has 0 aliphatic rings. The number of hydrogen-bond acceptors (Lipinski definition) is 4. The molecule has 0 N–H and O–H groups in total. The van der Waals surface area contributed by atoms with Crippen molar-refractivity contribution in [3.05, 3.63) is 59.4 Å². The average molecular weight is 314 g/mol. The summed E-state index contributed by atoms with van der Waals surface area (Å²) in [6.45, 7) is 5.25. The molecule has 23 heavy (non-hydrogen) atoms. The van der Waals surface area contributed by atoms with Gasteiger partial charge in [-0.05, 0) is 51.2 Å². The van der Waals surface area contributed by atoms with Crippen LogP contribution < -0.4 is 0 Å². The van der Waals surface area contributed by atoms with Gasteiger partial charge in [0.05, 0.1) is 18.1 Å². The second kappa shape index (κ2) is 6.34. The zero-order valence-corrected chi connectivity index (χ0v) is 13.5. The fourth-order valence-electron chi connectivity index (χ4n) is 2.51. The maximum atomic E-state index is 13.0. The molecular weight excluding hydrogens is 295 g/mol. The molecule has 3 rings (SSSR count). The highest BCUT2D eigenvalue weighted by atomic mass is 19.1. The van der Waals surface area contributed by atoms with E-state index in [4.69, 9.17) is 4.52 Å². The number of nitrogens with zero attached hydrogens (tertiary/aromatic N) is 4. The first-order chi connectivity index (χ1) is 11.0. The lowest BCUT2D eigenvalue weighted by Crippen LogP contribution is -2.22. The highest BCUT2D eigenvalue weighted by Gasteiger charge is 2.12. The first-order valence-electron chi connectivity index (χ1n) is 7.42. The van der Waals surface area contributed by atoms with Crippen molar-refractivity contribution in [1.29, 1.82) is 0 Å². The predicted octanol–water partition coefficient (Wildman–Crippen LogP) is 3.38. The molecule has 2 heterocycles. The third-order valence-corrected chi connectivity index (χ3v) is 3.78. The van der Waals surface area contributed by atoms with Crippen molar-refractivity contribution in [2.24, 2.45) is 0 Å². The third kappa shape index (κ3) is 3.48. The summed E-state index contributed by atoms with van der Waals surface area (Å²) in [5.41, 5.74) is 3.76. The van der Waals surface area contributed by atoms with Crippen molar-refractivity contribution in [2.45, 2.75) is 27.1 Å². The van der Waals surface area contributed by atoms with Gasteiger partial charge in [0.15, 0.2) is 0 Å². The van der Waals surface area contributed by atoms with Crippen LogP contribution in [0.25, 0.3) is 11.3 Å². The minimum atomic E-state index is -0.243. The molecule has 0 fully saturated rings. The normalized spacial score (nSPS) is 11.3. The van der Waals surface area contributed by atoms with E-state index >= 15 is 0 Å². The molecule has 0 unspecified atom stereocenters. The van der Waals surface area contributed by atoms with Gasteiger partial charge < -0.3 is 4.52 Å². The van der Waals surface area contributed by atoms with E-state index in [-0.39, 0.29) is 5.82 Å². The van der Waals surface area contributed by atoms with E-state index < -0.39 is 0 Å². The summed E-state index contributed by atoms with van der Waals surface area (Å²) in [5, 5.41) is 8.51. The molecule has 6 heteroatoms. The molecule has 3 aromatic rings. The van der Waals surface area contributed by atoms with Crippen LogP contribution in [0.1, 0.15) is 17.0 Å². The van der Waals surface area contributed by atoms with E-state index in [0.29, 0.717) is 6.67 Å². The number of hydrogen-bond donors (Lipinski definition) is 0. The minimum absolute atomic E-state index is 0.243. The zero-order valence-electron chi connectivity index (χ0n) is 13.5. The molecule has 0 bridgehead atoms. The zero-order chi connectivity index (χ0) is 16.4. The highest BCUT2D eigenvalue weighted by Crippen LogP contribution is 2.18. The summed E-state index contributed by atoms with van der Waals surface area (Å²) < 4.78 is 20.0. The molecule has 1 aromatic carbocycles. The Morgan fingerprint density at radius 3 is 2.57 bits per heavy atom. The lowest BCUT2D eigenvalue weighted by Gasteiger charge is -2.16. The van der Waals surface area contributed by atoms with Gasteiger partial charge >= 0.3 is 0 Å². The standard InChI is InChI=1S/C17H19FN4O/c1-12-16(13(2)23-20-12)10-21(3)11-22-9-8-17(19-22)14-4-6-15(18)7-5-14/h4-9H,10-11H2,1-3H3. The molecule has 5 nitrogen and oxygen atoms in total. The predicted molar refractivity (Wildman–Crippen MR) is 85.1 cm³/mol. The van der Waals surface area contributed by atoms with Crippen LogP contribution in [0.5, 0.6) is 0 Å². The fraction of sp³-hybridized carbons (Fsp3) is 0.294. The topological polar surface area (TPSA) is 47.1 Å². The van der Waals surface area contributed by atoms with Crippen LogP contribution in [0.15, 0.2) is 41.1 Å². The van der Waals surface area contributed by atoms with Crippen LogP contribution in [0.4, 0.5) is 4.39 Å². The fourth-order valence-corrected chi connectivity index (χ4v) is 2.51. The van der Waals surface area contributed by atoms with Gasteiger partial charge in [0.1, 0.15) is 11.6 Å². The molecule has 0 amide bonds. The molecule has 2 aromatic heterocycles. The first kappa shape index (κ1) is 15.4. The SMILES string of the molecule is Cc1noc(C)c1CN(C)Cn1ccc(-c2ccc(F)cc2)n1. The van der Waals surface area contributed by atoms with E-state index in [1.807, 2.05) is 37.8 Å². The molecule has 0 saturated carbocycles. The molecule has 0 saturated heterocycles. The van der Waals surface area contributed by atoms with E-state index in [9.17, 15) is 4.39 Å². The largest absolute Gasteiger partial charge is 0.361 e. The van der Waals surface area contributed by atoms with Crippen molar-refractivity contribution < 1.29 is 8.91 Å². The van der Waals surface area contributed by atoms with E-state index in [1.54, 1.807) is 12.1 Å². The summed E-state index contributed by atoms with van der Waals surface area (Å²) in [5.74, 6) is 0.606. The Kier molecular flexibility index (Phi) is 4.25. The molecular formula is C17H19FN4O.